The number of nitrogens with one attached hydrogen (secondary N) is 1. The van der Waals surface area contributed by atoms with Crippen LogP contribution in [0.4, 0.5) is 0 Å². The summed E-state index contributed by atoms with van der Waals surface area (Å²) >= 11 is 0. The molecular formula is C15H24N2O2. The van der Waals surface area contributed by atoms with Crippen molar-refractivity contribution in [2.24, 2.45) is 0 Å². The molecule has 19 heavy (non-hydrogen) atoms. The molecule has 0 amide bonds. The topological polar surface area (TPSA) is 33.7 Å². The molecule has 4 heteroatoms. The number of para-hydroxylation sites is 1. The van der Waals surface area contributed by atoms with E-state index >= 15 is 0 Å². The third kappa shape index (κ3) is 3.93. The molecule has 1 unspecified atom stereocenters. The number of nitrogens with zero attached hydrogens (tertiary/aromatic N) is 1. The van der Waals surface area contributed by atoms with Gasteiger partial charge in [-0.15, -0.1) is 0 Å². The monoisotopic (exact) mass is 264 g/mol. The van der Waals surface area contributed by atoms with Crippen LogP contribution in [0.25, 0.3) is 0 Å². The lowest BCUT2D eigenvalue weighted by molar-refractivity contribution is -0.0191. The SMILES string of the molecule is COc1ccccc1[C@H](C)NCC1CN(C)CCO1. The first-order valence-corrected chi connectivity index (χ1v) is 6.87. The summed E-state index contributed by atoms with van der Waals surface area (Å²) in [4.78, 5) is 2.31. The van der Waals surface area contributed by atoms with Crippen molar-refractivity contribution < 1.29 is 9.47 Å². The molecule has 1 aliphatic rings. The van der Waals surface area contributed by atoms with E-state index < -0.39 is 0 Å². The molecule has 4 nitrogen and oxygen atoms in total. The zero-order valence-electron chi connectivity index (χ0n) is 12.1. The van der Waals surface area contributed by atoms with Crippen molar-refractivity contribution >= 4 is 0 Å². The van der Waals surface area contributed by atoms with Gasteiger partial charge < -0.3 is 19.7 Å². The number of morpholine rings is 1. The standard InChI is InChI=1S/C15H24N2O2/c1-12(14-6-4-5-7-15(14)18-3)16-10-13-11-17(2)8-9-19-13/h4-7,12-13,16H,8-11H2,1-3H3/t12-,13?/m0/s1. The van der Waals surface area contributed by atoms with Gasteiger partial charge in [-0.1, -0.05) is 18.2 Å². The normalized spacial score (nSPS) is 22.2. The predicted octanol–water partition coefficient (Wildman–Crippen LogP) is 1.68. The van der Waals surface area contributed by atoms with Crippen molar-refractivity contribution in [1.82, 2.24) is 10.2 Å². The molecule has 1 fully saturated rings. The molecule has 0 aliphatic carbocycles. The number of ether oxygens (including phenoxy) is 2. The Bertz CT molecular complexity index is 397. The number of methoxy groups -OCH3 is 1. The Morgan fingerprint density at radius 2 is 2.26 bits per heavy atom. The summed E-state index contributed by atoms with van der Waals surface area (Å²) in [6.07, 6.45) is 0.274. The Balaban J connectivity index is 1.88. The van der Waals surface area contributed by atoms with Gasteiger partial charge >= 0.3 is 0 Å². The van der Waals surface area contributed by atoms with Crippen LogP contribution in [0, 0.1) is 0 Å². The van der Waals surface area contributed by atoms with Gasteiger partial charge in [0.2, 0.25) is 0 Å². The molecule has 1 aliphatic heterocycles. The minimum Gasteiger partial charge on any atom is -0.496 e. The van der Waals surface area contributed by atoms with Crippen LogP contribution in [0.1, 0.15) is 18.5 Å². The highest BCUT2D eigenvalue weighted by Gasteiger charge is 2.19. The number of benzene rings is 1. The Morgan fingerprint density at radius 3 is 3.00 bits per heavy atom. The highest BCUT2D eigenvalue weighted by molar-refractivity contribution is 5.35. The van der Waals surface area contributed by atoms with Gasteiger partial charge in [-0.2, -0.15) is 0 Å². The minimum absolute atomic E-state index is 0.256. The maximum absolute atomic E-state index is 5.76. The molecule has 0 aromatic heterocycles. The van der Waals surface area contributed by atoms with Crippen molar-refractivity contribution in [2.45, 2.75) is 19.1 Å². The molecule has 0 saturated carbocycles. The highest BCUT2D eigenvalue weighted by Crippen LogP contribution is 2.24. The number of likely N-dealkylation sites (N-methyl/N-ethyl adjacent to an activating group) is 1. The second-order valence-corrected chi connectivity index (χ2v) is 5.13. The lowest BCUT2D eigenvalue weighted by Gasteiger charge is -2.31. The molecule has 1 heterocycles. The van der Waals surface area contributed by atoms with Crippen LogP contribution in [0.15, 0.2) is 24.3 Å². The van der Waals surface area contributed by atoms with Crippen LogP contribution in [0.5, 0.6) is 5.75 Å². The van der Waals surface area contributed by atoms with Crippen molar-refractivity contribution in [1.29, 1.82) is 0 Å². The third-order valence-electron chi connectivity index (χ3n) is 3.60. The van der Waals surface area contributed by atoms with Gasteiger partial charge in [0.25, 0.3) is 0 Å². The van der Waals surface area contributed by atoms with E-state index in [9.17, 15) is 0 Å². The summed E-state index contributed by atoms with van der Waals surface area (Å²) < 4.78 is 11.2. The zero-order valence-corrected chi connectivity index (χ0v) is 12.1. The predicted molar refractivity (Wildman–Crippen MR) is 76.6 cm³/mol. The van der Waals surface area contributed by atoms with Crippen LogP contribution < -0.4 is 10.1 Å². The molecule has 106 valence electrons. The summed E-state index contributed by atoms with van der Waals surface area (Å²) in [6, 6.07) is 8.39. The zero-order chi connectivity index (χ0) is 13.7. The van der Waals surface area contributed by atoms with E-state index in [0.717, 1.165) is 32.0 Å². The van der Waals surface area contributed by atoms with E-state index in [1.807, 2.05) is 18.2 Å². The summed E-state index contributed by atoms with van der Waals surface area (Å²) in [5.74, 6) is 0.934. The van der Waals surface area contributed by atoms with Gasteiger partial charge in [0.1, 0.15) is 5.75 Å². The third-order valence-corrected chi connectivity index (χ3v) is 3.60. The van der Waals surface area contributed by atoms with Gasteiger partial charge in [-0.25, -0.2) is 0 Å². The van der Waals surface area contributed by atoms with E-state index in [1.165, 1.54) is 5.56 Å². The fourth-order valence-electron chi connectivity index (χ4n) is 2.43. The van der Waals surface area contributed by atoms with Crippen molar-refractivity contribution in [3.05, 3.63) is 29.8 Å². The minimum atomic E-state index is 0.256. The van der Waals surface area contributed by atoms with Gasteiger partial charge in [0, 0.05) is 31.2 Å². The first-order chi connectivity index (χ1) is 9.20. The molecule has 1 saturated heterocycles. The van der Waals surface area contributed by atoms with Gasteiger partial charge in [-0.05, 0) is 20.0 Å². The molecule has 1 N–H and O–H groups in total. The molecule has 0 spiro atoms. The Kier molecular flexibility index (Phi) is 5.19. The van der Waals surface area contributed by atoms with Crippen LogP contribution >= 0.6 is 0 Å². The summed E-state index contributed by atoms with van der Waals surface area (Å²) in [5.41, 5.74) is 1.19. The Hall–Kier alpha value is -1.10. The number of hydrogen-bond donors (Lipinski definition) is 1. The van der Waals surface area contributed by atoms with Crippen molar-refractivity contribution in [3.8, 4) is 5.75 Å². The lowest BCUT2D eigenvalue weighted by atomic mass is 10.1. The second kappa shape index (κ2) is 6.89. The fraction of sp³-hybridized carbons (Fsp3) is 0.600. The van der Waals surface area contributed by atoms with E-state index in [0.29, 0.717) is 0 Å². The van der Waals surface area contributed by atoms with Crippen LogP contribution in [-0.2, 0) is 4.74 Å². The lowest BCUT2D eigenvalue weighted by Crippen LogP contribution is -2.45. The number of hydrogen-bond acceptors (Lipinski definition) is 4. The number of rotatable bonds is 5. The maximum Gasteiger partial charge on any atom is 0.123 e. The maximum atomic E-state index is 5.76. The Morgan fingerprint density at radius 1 is 1.47 bits per heavy atom. The largest absolute Gasteiger partial charge is 0.496 e. The quantitative estimate of drug-likeness (QED) is 0.877. The molecular weight excluding hydrogens is 240 g/mol. The second-order valence-electron chi connectivity index (χ2n) is 5.13. The molecule has 0 radical (unpaired) electrons. The first kappa shape index (κ1) is 14.3. The van der Waals surface area contributed by atoms with Crippen LogP contribution in [0.2, 0.25) is 0 Å². The summed E-state index contributed by atoms with van der Waals surface area (Å²) in [7, 11) is 3.85. The Labute approximate surface area is 115 Å². The van der Waals surface area contributed by atoms with E-state index in [-0.39, 0.29) is 12.1 Å². The van der Waals surface area contributed by atoms with E-state index in [4.69, 9.17) is 9.47 Å². The van der Waals surface area contributed by atoms with Crippen molar-refractivity contribution in [2.75, 3.05) is 40.4 Å². The molecule has 2 atom stereocenters. The highest BCUT2D eigenvalue weighted by atomic mass is 16.5. The molecule has 0 bridgehead atoms. The summed E-state index contributed by atoms with van der Waals surface area (Å²) in [5, 5.41) is 3.53. The van der Waals surface area contributed by atoms with Crippen LogP contribution in [-0.4, -0.2) is 51.4 Å². The fourth-order valence-corrected chi connectivity index (χ4v) is 2.43. The first-order valence-electron chi connectivity index (χ1n) is 6.87. The van der Waals surface area contributed by atoms with Gasteiger partial charge in [0.05, 0.1) is 19.8 Å². The smallest absolute Gasteiger partial charge is 0.123 e. The average Bonchev–Trinajstić information content (AvgIpc) is 2.45. The molecule has 2 rings (SSSR count). The van der Waals surface area contributed by atoms with E-state index in [1.54, 1.807) is 7.11 Å². The van der Waals surface area contributed by atoms with Crippen LogP contribution in [0.3, 0.4) is 0 Å². The van der Waals surface area contributed by atoms with Gasteiger partial charge in [0.15, 0.2) is 0 Å². The van der Waals surface area contributed by atoms with Gasteiger partial charge in [-0.3, -0.25) is 0 Å². The average molecular weight is 264 g/mol. The van der Waals surface area contributed by atoms with E-state index in [2.05, 4.69) is 30.3 Å². The molecule has 1 aromatic carbocycles. The molecule has 1 aromatic rings. The van der Waals surface area contributed by atoms with Crippen molar-refractivity contribution in [3.63, 3.8) is 0 Å². The summed E-state index contributed by atoms with van der Waals surface area (Å²) in [6.45, 7) is 5.87.